The SMILES string of the molecule is NCCC(=O)NOB(O)c1ccc(C(F)(F)C(F)(F)C(F)(F)Cl)cc1. The van der Waals surface area contributed by atoms with Gasteiger partial charge >= 0.3 is 24.3 Å². The van der Waals surface area contributed by atoms with Crippen molar-refractivity contribution in [2.45, 2.75) is 23.6 Å². The lowest BCUT2D eigenvalue weighted by Gasteiger charge is -2.29. The van der Waals surface area contributed by atoms with Crippen molar-refractivity contribution in [3.63, 3.8) is 0 Å². The lowest BCUT2D eigenvalue weighted by atomic mass is 9.79. The number of carbonyl (C=O) groups excluding carboxylic acids is 1. The van der Waals surface area contributed by atoms with E-state index in [9.17, 15) is 36.2 Å². The minimum absolute atomic E-state index is 0.00842. The van der Waals surface area contributed by atoms with Crippen molar-refractivity contribution in [2.75, 3.05) is 6.54 Å². The molecule has 0 spiro atoms. The Kier molecular flexibility index (Phi) is 6.73. The molecule has 1 amide bonds. The van der Waals surface area contributed by atoms with E-state index in [1.54, 1.807) is 0 Å². The highest BCUT2D eigenvalue weighted by Gasteiger charge is 2.71. The highest BCUT2D eigenvalue weighted by atomic mass is 35.5. The summed E-state index contributed by atoms with van der Waals surface area (Å²) in [5.41, 5.74) is 5.24. The Bertz CT molecular complexity index is 600. The number of benzene rings is 1. The van der Waals surface area contributed by atoms with Crippen LogP contribution in [-0.4, -0.2) is 35.9 Å². The van der Waals surface area contributed by atoms with E-state index in [4.69, 9.17) is 5.73 Å². The molecule has 0 radical (unpaired) electrons. The third-order valence-electron chi connectivity index (χ3n) is 2.96. The number of amides is 1. The Hall–Kier alpha value is -1.50. The summed E-state index contributed by atoms with van der Waals surface area (Å²) in [7, 11) is -1.82. The molecule has 0 unspecified atom stereocenters. The van der Waals surface area contributed by atoms with Gasteiger partial charge in [0.05, 0.1) is 0 Å². The molecule has 25 heavy (non-hydrogen) atoms. The van der Waals surface area contributed by atoms with E-state index in [1.165, 1.54) is 0 Å². The predicted molar refractivity (Wildman–Crippen MR) is 76.6 cm³/mol. The molecule has 0 aliphatic rings. The standard InChI is InChI=1S/C12H12BClF6N2O3/c14-12(19,20)11(17,18)10(15,16)7-1-3-8(4-2-7)13(24)25-22-9(23)5-6-21/h1-4,24H,5-6,21H2,(H,22,23). The summed E-state index contributed by atoms with van der Waals surface area (Å²) in [6.45, 7) is 0.00842. The van der Waals surface area contributed by atoms with Gasteiger partial charge in [-0.05, 0) is 17.1 Å². The first-order chi connectivity index (χ1) is 11.3. The van der Waals surface area contributed by atoms with Gasteiger partial charge in [0.25, 0.3) is 0 Å². The van der Waals surface area contributed by atoms with Crippen molar-refractivity contribution in [2.24, 2.45) is 5.73 Å². The first kappa shape index (κ1) is 21.5. The predicted octanol–water partition coefficient (Wildman–Crippen LogP) is 1.33. The second-order valence-corrected chi connectivity index (χ2v) is 5.28. The van der Waals surface area contributed by atoms with Gasteiger partial charge in [-0.15, -0.1) is 0 Å². The van der Waals surface area contributed by atoms with Crippen LogP contribution in [0.1, 0.15) is 12.0 Å². The molecular weight excluding hydrogens is 380 g/mol. The van der Waals surface area contributed by atoms with Crippen LogP contribution in [0.15, 0.2) is 24.3 Å². The van der Waals surface area contributed by atoms with Crippen LogP contribution in [0.25, 0.3) is 0 Å². The molecule has 0 aliphatic heterocycles. The van der Waals surface area contributed by atoms with Gasteiger partial charge < -0.3 is 10.8 Å². The summed E-state index contributed by atoms with van der Waals surface area (Å²) in [6.07, 6.45) is -0.112. The van der Waals surface area contributed by atoms with E-state index in [0.717, 1.165) is 12.1 Å². The fraction of sp³-hybridized carbons (Fsp3) is 0.417. The zero-order chi connectivity index (χ0) is 19.5. The minimum atomic E-state index is -5.85. The first-order valence-corrected chi connectivity index (χ1v) is 6.97. The highest BCUT2D eigenvalue weighted by Crippen LogP contribution is 2.52. The van der Waals surface area contributed by atoms with Crippen molar-refractivity contribution in [3.05, 3.63) is 29.8 Å². The number of nitrogens with one attached hydrogen (secondary N) is 1. The molecule has 1 aromatic carbocycles. The Labute approximate surface area is 143 Å². The Morgan fingerprint density at radius 2 is 1.72 bits per heavy atom. The van der Waals surface area contributed by atoms with Crippen LogP contribution in [0.5, 0.6) is 0 Å². The number of hydroxylamine groups is 1. The molecular formula is C12H12BClF6N2O3. The molecule has 140 valence electrons. The molecule has 0 aromatic heterocycles. The van der Waals surface area contributed by atoms with Gasteiger partial charge in [-0.3, -0.25) is 9.55 Å². The van der Waals surface area contributed by atoms with E-state index < -0.39 is 35.8 Å². The van der Waals surface area contributed by atoms with E-state index in [-0.39, 0.29) is 18.4 Å². The summed E-state index contributed by atoms with van der Waals surface area (Å²) in [6, 6.07) is 2.23. The van der Waals surface area contributed by atoms with Gasteiger partial charge in [-0.25, -0.2) is 5.48 Å². The molecule has 0 fully saturated rings. The zero-order valence-electron chi connectivity index (χ0n) is 12.3. The van der Waals surface area contributed by atoms with Crippen molar-refractivity contribution < 1.29 is 40.9 Å². The minimum Gasteiger partial charge on any atom is -0.422 e. The molecule has 0 saturated carbocycles. The van der Waals surface area contributed by atoms with Crippen molar-refractivity contribution in [3.8, 4) is 0 Å². The maximum absolute atomic E-state index is 13.6. The van der Waals surface area contributed by atoms with Gasteiger partial charge in [0, 0.05) is 18.5 Å². The van der Waals surface area contributed by atoms with E-state index in [1.807, 2.05) is 5.48 Å². The quantitative estimate of drug-likeness (QED) is 0.270. The maximum atomic E-state index is 13.6. The lowest BCUT2D eigenvalue weighted by Crippen LogP contribution is -2.49. The topological polar surface area (TPSA) is 84.6 Å². The molecule has 1 aromatic rings. The van der Waals surface area contributed by atoms with Crippen molar-refractivity contribution in [1.29, 1.82) is 0 Å². The monoisotopic (exact) mass is 392 g/mol. The summed E-state index contributed by atoms with van der Waals surface area (Å²) < 4.78 is 83.2. The van der Waals surface area contributed by atoms with Crippen LogP contribution in [-0.2, 0) is 15.5 Å². The molecule has 13 heteroatoms. The molecule has 0 saturated heterocycles. The van der Waals surface area contributed by atoms with Crippen LogP contribution in [0.4, 0.5) is 26.3 Å². The molecule has 0 heterocycles. The largest absolute Gasteiger partial charge is 0.514 e. The van der Waals surface area contributed by atoms with Gasteiger partial charge in [-0.2, -0.15) is 26.3 Å². The molecule has 0 bridgehead atoms. The molecule has 1 rings (SSSR count). The van der Waals surface area contributed by atoms with Crippen LogP contribution in [0.3, 0.4) is 0 Å². The summed E-state index contributed by atoms with van der Waals surface area (Å²) in [5.74, 6) is -11.8. The Balaban J connectivity index is 2.90. The van der Waals surface area contributed by atoms with Crippen LogP contribution in [0.2, 0.25) is 0 Å². The number of carbonyl (C=O) groups is 1. The first-order valence-electron chi connectivity index (χ1n) is 6.60. The highest BCUT2D eigenvalue weighted by molar-refractivity contribution is 6.59. The fourth-order valence-electron chi connectivity index (χ4n) is 1.59. The van der Waals surface area contributed by atoms with E-state index in [2.05, 4.69) is 16.4 Å². The number of hydrogen-bond acceptors (Lipinski definition) is 4. The van der Waals surface area contributed by atoms with Crippen molar-refractivity contribution in [1.82, 2.24) is 5.48 Å². The van der Waals surface area contributed by atoms with E-state index in [0.29, 0.717) is 12.1 Å². The Morgan fingerprint density at radius 1 is 1.20 bits per heavy atom. The number of nitrogens with two attached hydrogens (primary N) is 1. The molecule has 5 nitrogen and oxygen atoms in total. The summed E-state index contributed by atoms with van der Waals surface area (Å²) in [5, 5.41) is 4.09. The van der Waals surface area contributed by atoms with Gasteiger partial charge in [0.2, 0.25) is 5.91 Å². The fourth-order valence-corrected chi connectivity index (χ4v) is 1.71. The average Bonchev–Trinajstić information content (AvgIpc) is 2.51. The molecule has 4 N–H and O–H groups in total. The normalized spacial score (nSPS) is 12.8. The van der Waals surface area contributed by atoms with Crippen molar-refractivity contribution >= 4 is 30.1 Å². The number of rotatable bonds is 8. The number of hydrogen-bond donors (Lipinski definition) is 3. The Morgan fingerprint density at radius 3 is 2.16 bits per heavy atom. The number of alkyl halides is 7. The van der Waals surface area contributed by atoms with Crippen LogP contribution >= 0.6 is 11.6 Å². The summed E-state index contributed by atoms with van der Waals surface area (Å²) >= 11 is 4.07. The van der Waals surface area contributed by atoms with E-state index >= 15 is 0 Å². The average molecular weight is 392 g/mol. The molecule has 0 aliphatic carbocycles. The lowest BCUT2D eigenvalue weighted by molar-refractivity contribution is -0.286. The summed E-state index contributed by atoms with van der Waals surface area (Å²) in [4.78, 5) is 11.1. The molecule has 0 atom stereocenters. The maximum Gasteiger partial charge on any atom is 0.514 e. The van der Waals surface area contributed by atoms with Crippen LogP contribution < -0.4 is 16.7 Å². The third-order valence-corrected chi connectivity index (χ3v) is 3.20. The van der Waals surface area contributed by atoms with Gasteiger partial charge in [-0.1, -0.05) is 24.3 Å². The number of halogens is 7. The second-order valence-electron chi connectivity index (χ2n) is 4.80. The third kappa shape index (κ3) is 4.78. The second kappa shape index (κ2) is 7.81. The smallest absolute Gasteiger partial charge is 0.422 e. The van der Waals surface area contributed by atoms with Gasteiger partial charge in [0.15, 0.2) is 0 Å². The van der Waals surface area contributed by atoms with Gasteiger partial charge in [0.1, 0.15) is 0 Å². The van der Waals surface area contributed by atoms with Crippen LogP contribution in [0, 0.1) is 0 Å². The zero-order valence-corrected chi connectivity index (χ0v) is 13.0.